The molecule has 0 spiro atoms. The van der Waals surface area contributed by atoms with Crippen molar-refractivity contribution in [2.24, 2.45) is 5.73 Å². The molecule has 1 unspecified atom stereocenters. The second-order valence-corrected chi connectivity index (χ2v) is 5.52. The van der Waals surface area contributed by atoms with E-state index in [-0.39, 0.29) is 12.4 Å². The van der Waals surface area contributed by atoms with Gasteiger partial charge in [0.15, 0.2) is 0 Å². The van der Waals surface area contributed by atoms with E-state index in [0.29, 0.717) is 11.6 Å². The van der Waals surface area contributed by atoms with Gasteiger partial charge in [-0.05, 0) is 18.6 Å². The van der Waals surface area contributed by atoms with E-state index in [2.05, 4.69) is 9.80 Å². The second kappa shape index (κ2) is 6.08. The first-order valence-electron chi connectivity index (χ1n) is 7.33. The first-order chi connectivity index (χ1) is 9.78. The van der Waals surface area contributed by atoms with Gasteiger partial charge in [0.25, 0.3) is 0 Å². The van der Waals surface area contributed by atoms with E-state index < -0.39 is 0 Å². The Morgan fingerprint density at radius 2 is 2.05 bits per heavy atom. The molecule has 0 amide bonds. The summed E-state index contributed by atoms with van der Waals surface area (Å²) in [6.45, 7) is 5.90. The molecule has 1 aromatic rings. The molecule has 3 rings (SSSR count). The van der Waals surface area contributed by atoms with E-state index in [9.17, 15) is 4.39 Å². The average Bonchev–Trinajstić information content (AvgIpc) is 2.98. The number of benzene rings is 1. The highest BCUT2D eigenvalue weighted by Crippen LogP contribution is 2.25. The van der Waals surface area contributed by atoms with Crippen LogP contribution in [0.4, 0.5) is 10.1 Å². The summed E-state index contributed by atoms with van der Waals surface area (Å²) in [7, 11) is 0. The van der Waals surface area contributed by atoms with Crippen LogP contribution in [0.2, 0.25) is 0 Å². The number of rotatable bonds is 3. The third-order valence-electron chi connectivity index (χ3n) is 4.35. The van der Waals surface area contributed by atoms with Gasteiger partial charge in [-0.1, -0.05) is 6.07 Å². The molecule has 2 heterocycles. The molecule has 5 heteroatoms. The number of morpholine rings is 1. The fourth-order valence-corrected chi connectivity index (χ4v) is 3.12. The summed E-state index contributed by atoms with van der Waals surface area (Å²) in [5.41, 5.74) is 7.05. The van der Waals surface area contributed by atoms with Crippen molar-refractivity contribution in [1.29, 1.82) is 0 Å². The van der Waals surface area contributed by atoms with Crippen molar-refractivity contribution >= 4 is 5.69 Å². The van der Waals surface area contributed by atoms with Crippen molar-refractivity contribution < 1.29 is 9.13 Å². The van der Waals surface area contributed by atoms with Gasteiger partial charge in [0.05, 0.1) is 13.2 Å². The molecule has 1 atom stereocenters. The maximum atomic E-state index is 13.8. The Balaban J connectivity index is 1.65. The highest BCUT2D eigenvalue weighted by molar-refractivity contribution is 5.49. The van der Waals surface area contributed by atoms with Crippen molar-refractivity contribution in [3.63, 3.8) is 0 Å². The van der Waals surface area contributed by atoms with Gasteiger partial charge in [0, 0.05) is 50.0 Å². The molecule has 4 nitrogen and oxygen atoms in total. The minimum atomic E-state index is -0.195. The minimum Gasteiger partial charge on any atom is -0.379 e. The number of anilines is 1. The molecular formula is C15H22FN3O. The number of nitrogens with two attached hydrogens (primary N) is 1. The third-order valence-corrected chi connectivity index (χ3v) is 4.35. The van der Waals surface area contributed by atoms with E-state index in [1.165, 1.54) is 0 Å². The largest absolute Gasteiger partial charge is 0.379 e. The number of nitrogens with zero attached hydrogens (tertiary/aromatic N) is 2. The van der Waals surface area contributed by atoms with Crippen LogP contribution in [0, 0.1) is 5.82 Å². The molecule has 20 heavy (non-hydrogen) atoms. The zero-order valence-electron chi connectivity index (χ0n) is 11.7. The molecule has 2 saturated heterocycles. The lowest BCUT2D eigenvalue weighted by Gasteiger charge is -2.32. The summed E-state index contributed by atoms with van der Waals surface area (Å²) in [5.74, 6) is -0.195. The molecule has 2 aliphatic rings. The van der Waals surface area contributed by atoms with Crippen LogP contribution >= 0.6 is 0 Å². The predicted molar refractivity (Wildman–Crippen MR) is 77.3 cm³/mol. The quantitative estimate of drug-likeness (QED) is 0.902. The Bertz CT molecular complexity index is 462. The lowest BCUT2D eigenvalue weighted by molar-refractivity contribution is 0.0209. The van der Waals surface area contributed by atoms with Crippen molar-refractivity contribution in [2.75, 3.05) is 44.3 Å². The summed E-state index contributed by atoms with van der Waals surface area (Å²) in [6.07, 6.45) is 1.14. The van der Waals surface area contributed by atoms with Crippen LogP contribution in [-0.2, 0) is 11.3 Å². The monoisotopic (exact) mass is 279 g/mol. The summed E-state index contributed by atoms with van der Waals surface area (Å²) in [4.78, 5) is 4.76. The van der Waals surface area contributed by atoms with Crippen LogP contribution < -0.4 is 10.6 Å². The minimum absolute atomic E-state index is 0.195. The van der Waals surface area contributed by atoms with E-state index in [0.717, 1.165) is 51.5 Å². The molecule has 0 aliphatic carbocycles. The van der Waals surface area contributed by atoms with Crippen LogP contribution in [0.5, 0.6) is 0 Å². The Kier molecular flexibility index (Phi) is 4.19. The van der Waals surface area contributed by atoms with Crippen molar-refractivity contribution in [2.45, 2.75) is 19.0 Å². The van der Waals surface area contributed by atoms with E-state index in [1.807, 2.05) is 6.07 Å². The molecule has 2 N–H and O–H groups in total. The lowest BCUT2D eigenvalue weighted by Crippen LogP contribution is -2.44. The number of hydrogen-bond acceptors (Lipinski definition) is 4. The number of hydrogen-bond donors (Lipinski definition) is 1. The van der Waals surface area contributed by atoms with Gasteiger partial charge in [0.2, 0.25) is 0 Å². The lowest BCUT2D eigenvalue weighted by atomic mass is 10.2. The first-order valence-corrected chi connectivity index (χ1v) is 7.33. The Morgan fingerprint density at radius 1 is 1.25 bits per heavy atom. The molecule has 1 aromatic carbocycles. The summed E-state index contributed by atoms with van der Waals surface area (Å²) in [6, 6.07) is 5.96. The SMILES string of the molecule is NCc1ccc(N2CCC(N3CCOCC3)C2)cc1F. The topological polar surface area (TPSA) is 41.7 Å². The van der Waals surface area contributed by atoms with Crippen molar-refractivity contribution in [3.8, 4) is 0 Å². The van der Waals surface area contributed by atoms with E-state index >= 15 is 0 Å². The average molecular weight is 279 g/mol. The maximum Gasteiger partial charge on any atom is 0.129 e. The van der Waals surface area contributed by atoms with Crippen molar-refractivity contribution in [3.05, 3.63) is 29.6 Å². The Hall–Kier alpha value is -1.17. The van der Waals surface area contributed by atoms with Crippen molar-refractivity contribution in [1.82, 2.24) is 4.90 Å². The number of ether oxygens (including phenoxy) is 1. The molecule has 0 radical (unpaired) electrons. The fraction of sp³-hybridized carbons (Fsp3) is 0.600. The highest BCUT2D eigenvalue weighted by Gasteiger charge is 2.29. The molecule has 0 aromatic heterocycles. The van der Waals surface area contributed by atoms with Gasteiger partial charge in [-0.3, -0.25) is 4.90 Å². The zero-order valence-corrected chi connectivity index (χ0v) is 11.7. The van der Waals surface area contributed by atoms with E-state index in [4.69, 9.17) is 10.5 Å². The first kappa shape index (κ1) is 13.8. The van der Waals surface area contributed by atoms with Crippen LogP contribution in [0.3, 0.4) is 0 Å². The fourth-order valence-electron chi connectivity index (χ4n) is 3.12. The van der Waals surface area contributed by atoms with Crippen LogP contribution in [0.15, 0.2) is 18.2 Å². The standard InChI is InChI=1S/C15H22FN3O/c16-15-9-13(2-1-12(15)10-17)19-4-3-14(11-19)18-5-7-20-8-6-18/h1-2,9,14H,3-8,10-11,17H2. The van der Waals surface area contributed by atoms with Crippen LogP contribution in [0.25, 0.3) is 0 Å². The van der Waals surface area contributed by atoms with Gasteiger partial charge < -0.3 is 15.4 Å². The summed E-state index contributed by atoms with van der Waals surface area (Å²) in [5, 5.41) is 0. The zero-order chi connectivity index (χ0) is 13.9. The molecule has 0 saturated carbocycles. The van der Waals surface area contributed by atoms with Gasteiger partial charge in [0.1, 0.15) is 5.82 Å². The summed E-state index contributed by atoms with van der Waals surface area (Å²) < 4.78 is 19.2. The molecule has 110 valence electrons. The van der Waals surface area contributed by atoms with Crippen LogP contribution in [-0.4, -0.2) is 50.3 Å². The van der Waals surface area contributed by atoms with Gasteiger partial charge in [-0.15, -0.1) is 0 Å². The third kappa shape index (κ3) is 2.80. The van der Waals surface area contributed by atoms with E-state index in [1.54, 1.807) is 12.1 Å². The van der Waals surface area contributed by atoms with Gasteiger partial charge in [-0.25, -0.2) is 4.39 Å². The normalized spacial score (nSPS) is 24.3. The molecule has 2 aliphatic heterocycles. The van der Waals surface area contributed by atoms with Crippen LogP contribution in [0.1, 0.15) is 12.0 Å². The van der Waals surface area contributed by atoms with Gasteiger partial charge in [-0.2, -0.15) is 0 Å². The highest BCUT2D eigenvalue weighted by atomic mass is 19.1. The summed E-state index contributed by atoms with van der Waals surface area (Å²) >= 11 is 0. The molecule has 2 fully saturated rings. The predicted octanol–water partition coefficient (Wildman–Crippen LogP) is 1.20. The van der Waals surface area contributed by atoms with Gasteiger partial charge >= 0.3 is 0 Å². The maximum absolute atomic E-state index is 13.8. The molecular weight excluding hydrogens is 257 g/mol. The number of halogens is 1. The molecule has 0 bridgehead atoms. The smallest absolute Gasteiger partial charge is 0.129 e. The second-order valence-electron chi connectivity index (χ2n) is 5.52. The Labute approximate surface area is 119 Å². The Morgan fingerprint density at radius 3 is 2.75 bits per heavy atom.